The van der Waals surface area contributed by atoms with Gasteiger partial charge in [0.25, 0.3) is 0 Å². The summed E-state index contributed by atoms with van der Waals surface area (Å²) in [4.78, 5) is 20.9. The molecule has 0 fully saturated rings. The summed E-state index contributed by atoms with van der Waals surface area (Å²) >= 11 is 0. The van der Waals surface area contributed by atoms with E-state index in [1.54, 1.807) is 0 Å². The summed E-state index contributed by atoms with van der Waals surface area (Å²) in [6.45, 7) is 0. The van der Waals surface area contributed by atoms with Crippen LogP contribution in [0.2, 0.25) is 0 Å². The van der Waals surface area contributed by atoms with Gasteiger partial charge in [-0.2, -0.15) is 9.97 Å². The van der Waals surface area contributed by atoms with Crippen molar-refractivity contribution in [2.24, 2.45) is 0 Å². The Bertz CT molecular complexity index is 3930. The first-order valence-electron chi connectivity index (χ1n) is 22.9. The van der Waals surface area contributed by atoms with Crippen LogP contribution in [0.1, 0.15) is 0 Å². The number of benzene rings is 9. The molecule has 0 radical (unpaired) electrons. The van der Waals surface area contributed by atoms with Crippen molar-refractivity contribution in [3.05, 3.63) is 243 Å². The lowest BCUT2D eigenvalue weighted by Gasteiger charge is -2.14. The first-order chi connectivity index (χ1) is 33.7. The van der Waals surface area contributed by atoms with Gasteiger partial charge in [-0.05, 0) is 64.7 Å². The van der Waals surface area contributed by atoms with Gasteiger partial charge >= 0.3 is 0 Å². The quantitative estimate of drug-likeness (QED) is 0.153. The fourth-order valence-corrected chi connectivity index (χ4v) is 9.77. The van der Waals surface area contributed by atoms with Crippen LogP contribution >= 0.6 is 0 Å². The second-order valence-electron chi connectivity index (χ2n) is 17.1. The number of pyridine rings is 1. The fraction of sp³-hybridized carbons (Fsp3) is 0. The Morgan fingerprint density at radius 1 is 0.250 bits per heavy atom. The van der Waals surface area contributed by atoms with Crippen LogP contribution in [-0.4, -0.2) is 29.1 Å². The van der Waals surface area contributed by atoms with Crippen LogP contribution in [0.5, 0.6) is 0 Å². The van der Waals surface area contributed by atoms with Crippen LogP contribution in [0.15, 0.2) is 243 Å². The second-order valence-corrected chi connectivity index (χ2v) is 17.1. The van der Waals surface area contributed by atoms with E-state index in [1.165, 1.54) is 10.9 Å². The van der Waals surface area contributed by atoms with Crippen molar-refractivity contribution < 1.29 is 0 Å². The lowest BCUT2D eigenvalue weighted by molar-refractivity contribution is 0.953. The Balaban J connectivity index is 1.02. The van der Waals surface area contributed by atoms with E-state index in [0.717, 1.165) is 94.2 Å². The van der Waals surface area contributed by atoms with E-state index in [1.807, 2.05) is 42.5 Å². The van der Waals surface area contributed by atoms with Gasteiger partial charge in [0.05, 0.1) is 33.5 Å². The molecule has 0 atom stereocenters. The molecule has 6 heteroatoms. The summed E-state index contributed by atoms with van der Waals surface area (Å²) < 4.78 is 4.65. The van der Waals surface area contributed by atoms with Crippen LogP contribution in [0.4, 0.5) is 0 Å². The van der Waals surface area contributed by atoms with Crippen molar-refractivity contribution in [1.29, 1.82) is 0 Å². The van der Waals surface area contributed by atoms with Gasteiger partial charge in [-0.1, -0.05) is 200 Å². The smallest absolute Gasteiger partial charge is 0.238 e. The molecule has 4 heterocycles. The summed E-state index contributed by atoms with van der Waals surface area (Å²) in [5.74, 6) is 1.78. The summed E-state index contributed by atoms with van der Waals surface area (Å²) in [5.41, 5.74) is 15.6. The highest BCUT2D eigenvalue weighted by molar-refractivity contribution is 6.23. The zero-order valence-corrected chi connectivity index (χ0v) is 36.8. The average molecular weight is 869 g/mol. The molecule has 0 amide bonds. The van der Waals surface area contributed by atoms with E-state index < -0.39 is 0 Å². The Labute approximate surface area is 392 Å². The monoisotopic (exact) mass is 868 g/mol. The van der Waals surface area contributed by atoms with Crippen LogP contribution in [-0.2, 0) is 0 Å². The van der Waals surface area contributed by atoms with Crippen LogP contribution in [0.25, 0.3) is 123 Å². The van der Waals surface area contributed by atoms with Gasteiger partial charge in [-0.15, -0.1) is 0 Å². The fourth-order valence-electron chi connectivity index (χ4n) is 9.77. The van der Waals surface area contributed by atoms with E-state index in [-0.39, 0.29) is 0 Å². The lowest BCUT2D eigenvalue weighted by atomic mass is 9.97. The molecule has 9 aromatic carbocycles. The second kappa shape index (κ2) is 16.3. The molecule has 318 valence electrons. The van der Waals surface area contributed by atoms with E-state index in [4.69, 9.17) is 19.9 Å². The highest BCUT2D eigenvalue weighted by Gasteiger charge is 2.24. The molecule has 13 rings (SSSR count). The minimum absolute atomic E-state index is 0.556. The molecule has 4 aromatic heterocycles. The number of fused-ring (bicyclic) bond motifs is 7. The van der Waals surface area contributed by atoms with Gasteiger partial charge in [-0.3, -0.25) is 4.57 Å². The maximum Gasteiger partial charge on any atom is 0.238 e. The van der Waals surface area contributed by atoms with Crippen LogP contribution in [0, 0.1) is 0 Å². The Morgan fingerprint density at radius 3 is 1.28 bits per heavy atom. The average Bonchev–Trinajstić information content (AvgIpc) is 3.95. The molecule has 0 aliphatic rings. The van der Waals surface area contributed by atoms with E-state index in [2.05, 4.69) is 209 Å². The molecule has 13 aromatic rings. The number of hydrogen-bond acceptors (Lipinski definition) is 4. The molecule has 6 nitrogen and oxygen atoms in total. The molecule has 0 unspecified atom stereocenters. The third kappa shape index (κ3) is 6.74. The maximum atomic E-state index is 5.28. The standard InChI is InChI=1S/C62H40N6/c1-5-18-41(19-6-1)46-26-17-27-47(38-46)55-40-48(39-54(63-55)43-20-7-2-8-21-43)42-32-34-49(35-33-42)67-56-30-15-13-28-50(56)52-36-37-53-51-29-14-16-31-57(51)68(59(53)58(52)67)62-65-60(44-22-9-3-10-23-44)64-61(66-62)45-24-11-4-12-25-45/h1-40H. The maximum absolute atomic E-state index is 5.28. The van der Waals surface area contributed by atoms with Gasteiger partial charge in [0.1, 0.15) is 0 Å². The van der Waals surface area contributed by atoms with Crippen LogP contribution < -0.4 is 0 Å². The molecule has 0 N–H and O–H groups in total. The Morgan fingerprint density at radius 2 is 0.691 bits per heavy atom. The molecule has 0 bridgehead atoms. The molecule has 0 spiro atoms. The third-order valence-electron chi connectivity index (χ3n) is 13.0. The molecule has 68 heavy (non-hydrogen) atoms. The SMILES string of the molecule is c1ccc(-c2cccc(-c3cc(-c4ccc(-n5c6ccccc6c6ccc7c8ccccc8n(-c8nc(-c9ccccc9)nc(-c9ccccc9)n8)c7c65)cc4)cc(-c4ccccc4)n3)c2)cc1. The molecule has 0 aliphatic heterocycles. The summed E-state index contributed by atoms with van der Waals surface area (Å²) in [7, 11) is 0. The van der Waals surface area contributed by atoms with Crippen molar-refractivity contribution in [3.8, 4) is 79.2 Å². The molecular weight excluding hydrogens is 829 g/mol. The van der Waals surface area contributed by atoms with Crippen molar-refractivity contribution >= 4 is 43.6 Å². The zero-order valence-electron chi connectivity index (χ0n) is 36.8. The largest absolute Gasteiger partial charge is 0.307 e. The molecule has 0 saturated heterocycles. The minimum Gasteiger partial charge on any atom is -0.307 e. The highest BCUT2D eigenvalue weighted by Crippen LogP contribution is 2.42. The predicted octanol–water partition coefficient (Wildman–Crippen LogP) is 15.5. The number of para-hydroxylation sites is 2. The van der Waals surface area contributed by atoms with Crippen LogP contribution in [0.3, 0.4) is 0 Å². The van der Waals surface area contributed by atoms with Gasteiger partial charge in [-0.25, -0.2) is 9.97 Å². The van der Waals surface area contributed by atoms with E-state index >= 15 is 0 Å². The van der Waals surface area contributed by atoms with Crippen molar-refractivity contribution in [1.82, 2.24) is 29.1 Å². The third-order valence-corrected chi connectivity index (χ3v) is 13.0. The molecule has 0 saturated carbocycles. The Hall–Kier alpha value is -9.26. The summed E-state index contributed by atoms with van der Waals surface area (Å²) in [5, 5.41) is 4.55. The van der Waals surface area contributed by atoms with E-state index in [0.29, 0.717) is 17.6 Å². The van der Waals surface area contributed by atoms with Gasteiger partial charge in [0.15, 0.2) is 11.6 Å². The first-order valence-corrected chi connectivity index (χ1v) is 22.9. The molecular formula is C62H40N6. The Kier molecular flexibility index (Phi) is 9.39. The summed E-state index contributed by atoms with van der Waals surface area (Å²) in [6.07, 6.45) is 0. The van der Waals surface area contributed by atoms with Crippen molar-refractivity contribution in [2.75, 3.05) is 0 Å². The zero-order chi connectivity index (χ0) is 45.0. The molecule has 0 aliphatic carbocycles. The summed E-state index contributed by atoms with van der Waals surface area (Å²) in [6, 6.07) is 85.2. The minimum atomic E-state index is 0.556. The predicted molar refractivity (Wildman–Crippen MR) is 279 cm³/mol. The van der Waals surface area contributed by atoms with E-state index in [9.17, 15) is 0 Å². The number of nitrogens with zero attached hydrogens (tertiary/aromatic N) is 6. The van der Waals surface area contributed by atoms with Gasteiger partial charge in [0.2, 0.25) is 5.95 Å². The lowest BCUT2D eigenvalue weighted by Crippen LogP contribution is -2.07. The van der Waals surface area contributed by atoms with Crippen molar-refractivity contribution in [2.45, 2.75) is 0 Å². The first kappa shape index (κ1) is 39.1. The highest BCUT2D eigenvalue weighted by atomic mass is 15.2. The number of rotatable bonds is 8. The van der Waals surface area contributed by atoms with Gasteiger partial charge in [0, 0.05) is 49.5 Å². The topological polar surface area (TPSA) is 61.4 Å². The number of hydrogen-bond donors (Lipinski definition) is 0. The normalized spacial score (nSPS) is 11.5. The van der Waals surface area contributed by atoms with Gasteiger partial charge < -0.3 is 4.57 Å². The van der Waals surface area contributed by atoms with Crippen molar-refractivity contribution in [3.63, 3.8) is 0 Å². The number of aromatic nitrogens is 6.